The van der Waals surface area contributed by atoms with Crippen molar-refractivity contribution in [3.8, 4) is 5.75 Å². The minimum Gasteiger partial charge on any atom is -0.496 e. The van der Waals surface area contributed by atoms with Crippen LogP contribution in [0.1, 0.15) is 18.4 Å². The zero-order valence-electron chi connectivity index (χ0n) is 11.0. The molecule has 0 unspecified atom stereocenters. The van der Waals surface area contributed by atoms with Gasteiger partial charge in [-0.2, -0.15) is 0 Å². The Balaban J connectivity index is 1.96. The predicted molar refractivity (Wildman–Crippen MR) is 75.4 cm³/mol. The number of halogens is 1. The molecule has 1 fully saturated rings. The number of benzene rings is 1. The van der Waals surface area contributed by atoms with Crippen LogP contribution in [0.25, 0.3) is 0 Å². The Hall–Kier alpha value is -1.26. The third kappa shape index (κ3) is 3.61. The molecule has 0 aliphatic carbocycles. The summed E-state index contributed by atoms with van der Waals surface area (Å²) >= 11 is 6.13. The third-order valence-electron chi connectivity index (χ3n) is 3.40. The molecule has 104 valence electrons. The van der Waals surface area contributed by atoms with Crippen LogP contribution < -0.4 is 15.4 Å². The van der Waals surface area contributed by atoms with Crippen LogP contribution in [0.15, 0.2) is 18.2 Å². The molecule has 1 atom stereocenters. The summed E-state index contributed by atoms with van der Waals surface area (Å²) in [7, 11) is 1.60. The Morgan fingerprint density at radius 2 is 2.42 bits per heavy atom. The molecule has 0 aromatic heterocycles. The minimum absolute atomic E-state index is 0.0576. The van der Waals surface area contributed by atoms with Gasteiger partial charge in [0, 0.05) is 23.7 Å². The number of carbonyl (C=O) groups excluding carboxylic acids is 1. The molecular formula is C14H19ClN2O2. The van der Waals surface area contributed by atoms with Crippen molar-refractivity contribution in [3.63, 3.8) is 0 Å². The third-order valence-corrected chi connectivity index (χ3v) is 3.76. The lowest BCUT2D eigenvalue weighted by atomic mass is 9.99. The molecule has 1 aliphatic heterocycles. The van der Waals surface area contributed by atoms with Gasteiger partial charge in [-0.15, -0.1) is 0 Å². The van der Waals surface area contributed by atoms with E-state index in [0.717, 1.165) is 31.5 Å². The van der Waals surface area contributed by atoms with Gasteiger partial charge in [-0.1, -0.05) is 17.7 Å². The van der Waals surface area contributed by atoms with Crippen molar-refractivity contribution in [1.29, 1.82) is 0 Å². The smallest absolute Gasteiger partial charge is 0.224 e. The van der Waals surface area contributed by atoms with Gasteiger partial charge < -0.3 is 15.4 Å². The molecule has 0 radical (unpaired) electrons. The predicted octanol–water partition coefficient (Wildman–Crippen LogP) is 1.96. The van der Waals surface area contributed by atoms with Gasteiger partial charge in [0.1, 0.15) is 5.75 Å². The van der Waals surface area contributed by atoms with Gasteiger partial charge in [0.05, 0.1) is 13.0 Å². The van der Waals surface area contributed by atoms with Crippen LogP contribution in [-0.2, 0) is 11.3 Å². The van der Waals surface area contributed by atoms with Crippen molar-refractivity contribution in [2.45, 2.75) is 19.4 Å². The molecule has 1 aromatic carbocycles. The summed E-state index contributed by atoms with van der Waals surface area (Å²) in [4.78, 5) is 12.0. The van der Waals surface area contributed by atoms with Gasteiger partial charge in [0.2, 0.25) is 5.91 Å². The van der Waals surface area contributed by atoms with Crippen LogP contribution in [0.3, 0.4) is 0 Å². The molecule has 1 aliphatic rings. The zero-order chi connectivity index (χ0) is 13.7. The quantitative estimate of drug-likeness (QED) is 0.888. The molecule has 0 spiro atoms. The van der Waals surface area contributed by atoms with Gasteiger partial charge >= 0.3 is 0 Å². The summed E-state index contributed by atoms with van der Waals surface area (Å²) in [6.45, 7) is 2.16. The van der Waals surface area contributed by atoms with Gasteiger partial charge in [-0.3, -0.25) is 4.79 Å². The molecule has 1 amide bonds. The summed E-state index contributed by atoms with van der Waals surface area (Å²) in [5.41, 5.74) is 0.823. The molecule has 2 N–H and O–H groups in total. The summed E-state index contributed by atoms with van der Waals surface area (Å²) in [5.74, 6) is 0.839. The van der Waals surface area contributed by atoms with Gasteiger partial charge in [-0.05, 0) is 31.5 Å². The Labute approximate surface area is 118 Å². The highest BCUT2D eigenvalue weighted by molar-refractivity contribution is 6.31. The van der Waals surface area contributed by atoms with Crippen LogP contribution in [0, 0.1) is 5.92 Å². The molecule has 1 saturated heterocycles. The second kappa shape index (κ2) is 6.78. The number of hydrogen-bond donors (Lipinski definition) is 2. The first-order valence-corrected chi connectivity index (χ1v) is 6.90. The highest BCUT2D eigenvalue weighted by Crippen LogP contribution is 2.26. The summed E-state index contributed by atoms with van der Waals surface area (Å²) in [6.07, 6.45) is 1.99. The number of rotatable bonds is 4. The highest BCUT2D eigenvalue weighted by atomic mass is 35.5. The topological polar surface area (TPSA) is 50.4 Å². The Bertz CT molecular complexity index is 445. The number of carbonyl (C=O) groups is 1. The molecular weight excluding hydrogens is 264 g/mol. The highest BCUT2D eigenvalue weighted by Gasteiger charge is 2.21. The molecule has 0 saturated carbocycles. The Morgan fingerprint density at radius 3 is 3.11 bits per heavy atom. The number of nitrogens with one attached hydrogen (secondary N) is 2. The van der Waals surface area contributed by atoms with E-state index in [2.05, 4.69) is 10.6 Å². The number of ether oxygens (including phenoxy) is 1. The maximum absolute atomic E-state index is 12.0. The van der Waals surface area contributed by atoms with Gasteiger partial charge in [0.15, 0.2) is 0 Å². The lowest BCUT2D eigenvalue weighted by Gasteiger charge is -2.22. The van der Waals surface area contributed by atoms with Crippen LogP contribution >= 0.6 is 11.6 Å². The van der Waals surface area contributed by atoms with Crippen molar-refractivity contribution in [2.75, 3.05) is 20.2 Å². The summed E-state index contributed by atoms with van der Waals surface area (Å²) in [6, 6.07) is 5.47. The van der Waals surface area contributed by atoms with E-state index >= 15 is 0 Å². The minimum atomic E-state index is 0.0576. The van der Waals surface area contributed by atoms with E-state index in [1.165, 1.54) is 0 Å². The zero-order valence-corrected chi connectivity index (χ0v) is 11.8. The maximum Gasteiger partial charge on any atom is 0.224 e. The van der Waals surface area contributed by atoms with E-state index in [0.29, 0.717) is 17.3 Å². The fraction of sp³-hybridized carbons (Fsp3) is 0.500. The van der Waals surface area contributed by atoms with Crippen LogP contribution in [0.2, 0.25) is 5.02 Å². The number of hydrogen-bond acceptors (Lipinski definition) is 3. The molecule has 19 heavy (non-hydrogen) atoms. The Kier molecular flexibility index (Phi) is 5.05. The summed E-state index contributed by atoms with van der Waals surface area (Å²) < 4.78 is 5.26. The lowest BCUT2D eigenvalue weighted by molar-refractivity contribution is -0.125. The number of amides is 1. The van der Waals surface area contributed by atoms with Crippen LogP contribution in [0.5, 0.6) is 5.75 Å². The Morgan fingerprint density at radius 1 is 1.58 bits per heavy atom. The molecule has 0 bridgehead atoms. The normalized spacial score (nSPS) is 18.9. The number of piperidine rings is 1. The van der Waals surface area contributed by atoms with E-state index in [1.807, 2.05) is 12.1 Å². The summed E-state index contributed by atoms with van der Waals surface area (Å²) in [5, 5.41) is 6.79. The first kappa shape index (κ1) is 14.2. The largest absolute Gasteiger partial charge is 0.496 e. The van der Waals surface area contributed by atoms with E-state index in [1.54, 1.807) is 13.2 Å². The fourth-order valence-electron chi connectivity index (χ4n) is 2.30. The molecule has 4 nitrogen and oxygen atoms in total. The molecule has 1 aromatic rings. The van der Waals surface area contributed by atoms with Crippen molar-refractivity contribution in [2.24, 2.45) is 5.92 Å². The van der Waals surface area contributed by atoms with Crippen LogP contribution in [-0.4, -0.2) is 26.1 Å². The van der Waals surface area contributed by atoms with E-state index in [4.69, 9.17) is 16.3 Å². The van der Waals surface area contributed by atoms with Crippen molar-refractivity contribution in [1.82, 2.24) is 10.6 Å². The van der Waals surface area contributed by atoms with Gasteiger partial charge in [-0.25, -0.2) is 0 Å². The van der Waals surface area contributed by atoms with Gasteiger partial charge in [0.25, 0.3) is 0 Å². The lowest BCUT2D eigenvalue weighted by Crippen LogP contribution is -2.40. The van der Waals surface area contributed by atoms with E-state index in [-0.39, 0.29) is 11.8 Å². The molecule has 5 heteroatoms. The monoisotopic (exact) mass is 282 g/mol. The first-order chi connectivity index (χ1) is 9.22. The first-order valence-electron chi connectivity index (χ1n) is 6.52. The van der Waals surface area contributed by atoms with Crippen LogP contribution in [0.4, 0.5) is 0 Å². The van der Waals surface area contributed by atoms with Crippen molar-refractivity contribution >= 4 is 17.5 Å². The molecule has 2 rings (SSSR count). The second-order valence-electron chi connectivity index (χ2n) is 4.68. The average Bonchev–Trinajstić information content (AvgIpc) is 2.46. The SMILES string of the molecule is COc1cccc(Cl)c1CNC(=O)[C@@H]1CCCNC1. The van der Waals surface area contributed by atoms with Crippen molar-refractivity contribution in [3.05, 3.63) is 28.8 Å². The standard InChI is InChI=1S/C14H19ClN2O2/c1-19-13-6-2-5-12(15)11(13)9-17-14(18)10-4-3-7-16-8-10/h2,5-6,10,16H,3-4,7-9H2,1H3,(H,17,18)/t10-/m1/s1. The fourth-order valence-corrected chi connectivity index (χ4v) is 2.53. The molecule has 1 heterocycles. The second-order valence-corrected chi connectivity index (χ2v) is 5.09. The maximum atomic E-state index is 12.0. The van der Waals surface area contributed by atoms with Crippen molar-refractivity contribution < 1.29 is 9.53 Å². The number of methoxy groups -OCH3 is 1. The van der Waals surface area contributed by atoms with E-state index in [9.17, 15) is 4.79 Å². The average molecular weight is 283 g/mol. The van der Waals surface area contributed by atoms with E-state index < -0.39 is 0 Å².